The van der Waals surface area contributed by atoms with Crippen molar-refractivity contribution in [3.05, 3.63) is 27.7 Å². The number of benzene rings is 1. The van der Waals surface area contributed by atoms with E-state index >= 15 is 0 Å². The number of halogens is 3. The Morgan fingerprint density at radius 3 is 2.65 bits per heavy atom. The number of nitrogens with one attached hydrogen (secondary N) is 1. The molecule has 17 heavy (non-hydrogen) atoms. The van der Waals surface area contributed by atoms with E-state index in [0.717, 1.165) is 0 Å². The van der Waals surface area contributed by atoms with E-state index in [9.17, 15) is 8.42 Å². The second-order valence-electron chi connectivity index (χ2n) is 3.42. The molecular formula is C10H12BrCl2NO2S. The predicted molar refractivity (Wildman–Crippen MR) is 76.5 cm³/mol. The molecule has 0 aliphatic rings. The third-order valence-electron chi connectivity index (χ3n) is 2.01. The standard InChI is InChI=1S/C10H12BrCl2NO2S/c11-10-8(13)4-3-5-9(10)14-17(15,16)7-2-1-6-12/h3-5,14H,1-2,6-7H2. The van der Waals surface area contributed by atoms with E-state index in [1.807, 2.05) is 0 Å². The Hall–Kier alpha value is 0.0300. The van der Waals surface area contributed by atoms with Crippen LogP contribution in [0.15, 0.2) is 22.7 Å². The number of sulfonamides is 1. The molecule has 0 bridgehead atoms. The van der Waals surface area contributed by atoms with Crippen LogP contribution in [-0.4, -0.2) is 20.1 Å². The van der Waals surface area contributed by atoms with Crippen molar-refractivity contribution in [1.29, 1.82) is 0 Å². The van der Waals surface area contributed by atoms with Gasteiger partial charge < -0.3 is 0 Å². The molecule has 1 aromatic carbocycles. The second kappa shape index (κ2) is 6.83. The molecule has 0 aliphatic heterocycles. The van der Waals surface area contributed by atoms with Gasteiger partial charge in [0.05, 0.1) is 20.9 Å². The molecule has 0 saturated heterocycles. The zero-order chi connectivity index (χ0) is 12.9. The summed E-state index contributed by atoms with van der Waals surface area (Å²) in [5.41, 5.74) is 0.448. The van der Waals surface area contributed by atoms with E-state index in [1.165, 1.54) is 0 Å². The molecule has 0 saturated carbocycles. The van der Waals surface area contributed by atoms with E-state index < -0.39 is 10.0 Å². The Labute approximate surface area is 120 Å². The average Bonchev–Trinajstić information content (AvgIpc) is 2.25. The van der Waals surface area contributed by atoms with E-state index in [4.69, 9.17) is 23.2 Å². The van der Waals surface area contributed by atoms with Crippen LogP contribution in [0.4, 0.5) is 5.69 Å². The van der Waals surface area contributed by atoms with Crippen LogP contribution >= 0.6 is 39.1 Å². The predicted octanol–water partition coefficient (Wildman–Crippen LogP) is 3.86. The minimum atomic E-state index is -3.34. The maximum absolute atomic E-state index is 11.7. The molecule has 0 radical (unpaired) electrons. The highest BCUT2D eigenvalue weighted by molar-refractivity contribution is 9.10. The summed E-state index contributed by atoms with van der Waals surface area (Å²) < 4.78 is 26.5. The van der Waals surface area contributed by atoms with E-state index in [2.05, 4.69) is 20.7 Å². The molecule has 3 nitrogen and oxygen atoms in total. The number of alkyl halides is 1. The van der Waals surface area contributed by atoms with Gasteiger partial charge in [-0.3, -0.25) is 4.72 Å². The van der Waals surface area contributed by atoms with E-state index in [-0.39, 0.29) is 5.75 Å². The Bertz CT molecular complexity index is 479. The third kappa shape index (κ3) is 5.04. The first-order chi connectivity index (χ1) is 7.96. The van der Waals surface area contributed by atoms with Gasteiger partial charge in [-0.15, -0.1) is 11.6 Å². The summed E-state index contributed by atoms with van der Waals surface area (Å²) in [5.74, 6) is 0.523. The maximum atomic E-state index is 11.7. The minimum absolute atomic E-state index is 0.0542. The molecule has 0 fully saturated rings. The quantitative estimate of drug-likeness (QED) is 0.618. The van der Waals surface area contributed by atoms with Crippen molar-refractivity contribution in [3.63, 3.8) is 0 Å². The highest BCUT2D eigenvalue weighted by Crippen LogP contribution is 2.30. The molecule has 0 unspecified atom stereocenters. The molecule has 0 amide bonds. The lowest BCUT2D eigenvalue weighted by Gasteiger charge is -2.10. The SMILES string of the molecule is O=S(=O)(CCCCCl)Nc1cccc(Cl)c1Br. The second-order valence-corrected chi connectivity index (χ2v) is 6.84. The minimum Gasteiger partial charge on any atom is -0.282 e. The highest BCUT2D eigenvalue weighted by Gasteiger charge is 2.12. The van der Waals surface area contributed by atoms with Gasteiger partial charge in [0.15, 0.2) is 0 Å². The summed E-state index contributed by atoms with van der Waals surface area (Å²) in [5, 5.41) is 0.464. The van der Waals surface area contributed by atoms with Crippen molar-refractivity contribution in [2.75, 3.05) is 16.4 Å². The summed E-state index contributed by atoms with van der Waals surface area (Å²) in [4.78, 5) is 0. The topological polar surface area (TPSA) is 46.2 Å². The average molecular weight is 361 g/mol. The van der Waals surface area contributed by atoms with Gasteiger partial charge >= 0.3 is 0 Å². The molecule has 7 heteroatoms. The fraction of sp³-hybridized carbons (Fsp3) is 0.400. The molecule has 0 atom stereocenters. The first-order valence-electron chi connectivity index (χ1n) is 4.97. The molecule has 0 heterocycles. The van der Waals surface area contributed by atoms with Crippen LogP contribution in [0.25, 0.3) is 0 Å². The Kier molecular flexibility index (Phi) is 6.06. The van der Waals surface area contributed by atoms with Crippen molar-refractivity contribution in [2.24, 2.45) is 0 Å². The fourth-order valence-electron chi connectivity index (χ4n) is 1.19. The fourth-order valence-corrected chi connectivity index (χ4v) is 3.24. The van der Waals surface area contributed by atoms with Crippen LogP contribution in [0.3, 0.4) is 0 Å². The zero-order valence-corrected chi connectivity index (χ0v) is 12.8. The van der Waals surface area contributed by atoms with Crippen molar-refractivity contribution in [2.45, 2.75) is 12.8 Å². The lowest BCUT2D eigenvalue weighted by Crippen LogP contribution is -2.17. The number of hydrogen-bond donors (Lipinski definition) is 1. The highest BCUT2D eigenvalue weighted by atomic mass is 79.9. The molecule has 1 aromatic rings. The van der Waals surface area contributed by atoms with Gasteiger partial charge in [-0.2, -0.15) is 0 Å². The Morgan fingerprint density at radius 1 is 1.29 bits per heavy atom. The monoisotopic (exact) mass is 359 g/mol. The van der Waals surface area contributed by atoms with Crippen LogP contribution < -0.4 is 4.72 Å². The van der Waals surface area contributed by atoms with Crippen LogP contribution in [0.2, 0.25) is 5.02 Å². The van der Waals surface area contributed by atoms with Gasteiger partial charge in [-0.05, 0) is 40.9 Å². The van der Waals surface area contributed by atoms with E-state index in [1.54, 1.807) is 18.2 Å². The van der Waals surface area contributed by atoms with Gasteiger partial charge in [0, 0.05) is 5.88 Å². The largest absolute Gasteiger partial charge is 0.282 e. The summed E-state index contributed by atoms with van der Waals surface area (Å²) >= 11 is 14.6. The van der Waals surface area contributed by atoms with Gasteiger partial charge in [0.2, 0.25) is 10.0 Å². The van der Waals surface area contributed by atoms with Gasteiger partial charge in [-0.25, -0.2) is 8.42 Å². The van der Waals surface area contributed by atoms with E-state index in [0.29, 0.717) is 33.9 Å². The summed E-state index contributed by atoms with van der Waals surface area (Å²) in [6, 6.07) is 5.01. The molecule has 0 aromatic heterocycles. The van der Waals surface area contributed by atoms with Gasteiger partial charge in [-0.1, -0.05) is 17.7 Å². The normalized spacial score (nSPS) is 11.5. The van der Waals surface area contributed by atoms with Crippen LogP contribution in [0.1, 0.15) is 12.8 Å². The Morgan fingerprint density at radius 2 is 2.00 bits per heavy atom. The van der Waals surface area contributed by atoms with Gasteiger partial charge in [0.25, 0.3) is 0 Å². The third-order valence-corrected chi connectivity index (χ3v) is 5.04. The number of unbranched alkanes of at least 4 members (excludes halogenated alkanes) is 1. The molecule has 96 valence electrons. The van der Waals surface area contributed by atoms with Crippen LogP contribution in [-0.2, 0) is 10.0 Å². The number of rotatable bonds is 6. The summed E-state index contributed by atoms with van der Waals surface area (Å²) in [6.45, 7) is 0. The van der Waals surface area contributed by atoms with Crippen LogP contribution in [0.5, 0.6) is 0 Å². The van der Waals surface area contributed by atoms with Crippen molar-refractivity contribution >= 4 is 54.8 Å². The van der Waals surface area contributed by atoms with Crippen molar-refractivity contribution in [3.8, 4) is 0 Å². The molecule has 1 N–H and O–H groups in total. The smallest absolute Gasteiger partial charge is 0.232 e. The lowest BCUT2D eigenvalue weighted by atomic mass is 10.3. The summed E-state index contributed by atoms with van der Waals surface area (Å²) in [7, 11) is -3.34. The van der Waals surface area contributed by atoms with Crippen molar-refractivity contribution in [1.82, 2.24) is 0 Å². The lowest BCUT2D eigenvalue weighted by molar-refractivity contribution is 0.598. The van der Waals surface area contributed by atoms with Crippen LogP contribution in [0, 0.1) is 0 Å². The zero-order valence-electron chi connectivity index (χ0n) is 8.92. The first kappa shape index (κ1) is 15.1. The first-order valence-corrected chi connectivity index (χ1v) is 8.32. The number of hydrogen-bond acceptors (Lipinski definition) is 2. The molecule has 0 spiro atoms. The number of anilines is 1. The van der Waals surface area contributed by atoms with Crippen molar-refractivity contribution < 1.29 is 8.42 Å². The summed E-state index contributed by atoms with van der Waals surface area (Å²) in [6.07, 6.45) is 1.22. The molecule has 0 aliphatic carbocycles. The maximum Gasteiger partial charge on any atom is 0.232 e. The molecule has 1 rings (SSSR count). The Balaban J connectivity index is 2.73. The molecular weight excluding hydrogens is 349 g/mol. The van der Waals surface area contributed by atoms with Gasteiger partial charge in [0.1, 0.15) is 0 Å².